The Morgan fingerprint density at radius 3 is 2.27 bits per heavy atom. The van der Waals surface area contributed by atoms with Crippen molar-refractivity contribution in [2.75, 3.05) is 22.9 Å². The predicted molar refractivity (Wildman–Crippen MR) is 154 cm³/mol. The Labute approximate surface area is 236 Å². The summed E-state index contributed by atoms with van der Waals surface area (Å²) in [4.78, 5) is 25.4. The van der Waals surface area contributed by atoms with E-state index in [1.807, 2.05) is 24.3 Å². The number of nitrogens with one attached hydrogen (secondary N) is 2. The molecule has 0 radical (unpaired) electrons. The number of thioether (sulfide) groups is 1. The van der Waals surface area contributed by atoms with Crippen molar-refractivity contribution in [3.8, 4) is 23.1 Å². The van der Waals surface area contributed by atoms with Crippen molar-refractivity contribution in [3.05, 3.63) is 83.7 Å². The maximum absolute atomic E-state index is 12.7. The van der Waals surface area contributed by atoms with Crippen molar-refractivity contribution in [2.45, 2.75) is 30.2 Å². The fraction of sp³-hybridized carbons (Fsp3) is 0.179. The van der Waals surface area contributed by atoms with Crippen LogP contribution in [-0.2, 0) is 14.8 Å². The highest BCUT2D eigenvalue weighted by molar-refractivity contribution is 7.99. The molecule has 0 spiro atoms. The number of aryl methyl sites for hydroxylation is 2. The zero-order valence-corrected chi connectivity index (χ0v) is 23.6. The van der Waals surface area contributed by atoms with Crippen LogP contribution in [0.15, 0.2) is 76.7 Å². The number of hydrogen-bond acceptors (Lipinski definition) is 9. The van der Waals surface area contributed by atoms with E-state index in [2.05, 4.69) is 31.1 Å². The van der Waals surface area contributed by atoms with Gasteiger partial charge in [0.25, 0.3) is 10.0 Å². The summed E-state index contributed by atoms with van der Waals surface area (Å²) in [7, 11) is -2.30. The number of nitrogens with zero attached hydrogens (tertiary/aromatic N) is 4. The van der Waals surface area contributed by atoms with Crippen molar-refractivity contribution in [1.29, 1.82) is 5.26 Å². The van der Waals surface area contributed by atoms with Gasteiger partial charge in [0.05, 0.1) is 23.3 Å². The molecule has 2 N–H and O–H groups in total. The highest BCUT2D eigenvalue weighted by Crippen LogP contribution is 2.27. The van der Waals surface area contributed by atoms with E-state index in [1.165, 1.54) is 36.0 Å². The number of methoxy groups -OCH3 is 1. The molecular formula is C28H26N6O4S2. The van der Waals surface area contributed by atoms with Gasteiger partial charge >= 0.3 is 0 Å². The van der Waals surface area contributed by atoms with Crippen molar-refractivity contribution in [1.82, 2.24) is 15.0 Å². The Bertz CT molecular complexity index is 1650. The van der Waals surface area contributed by atoms with Crippen LogP contribution in [0.2, 0.25) is 0 Å². The lowest BCUT2D eigenvalue weighted by Crippen LogP contribution is -2.16. The van der Waals surface area contributed by atoms with Crippen LogP contribution in [0, 0.1) is 25.2 Å². The molecule has 10 nitrogen and oxygen atoms in total. The number of carbonyl (C=O) groups is 1. The SMILES string of the molecule is COc1ccc(-c2ccc(C#N)c(SCCC(=O)Nc3ccc(S(=O)(=O)Nc4nc(C)cc(C)n4)cc3)n2)cc1. The van der Waals surface area contributed by atoms with E-state index in [4.69, 9.17) is 4.74 Å². The summed E-state index contributed by atoms with van der Waals surface area (Å²) >= 11 is 1.32. The van der Waals surface area contributed by atoms with E-state index in [-0.39, 0.29) is 23.2 Å². The van der Waals surface area contributed by atoms with Crippen LogP contribution in [0.5, 0.6) is 5.75 Å². The van der Waals surface area contributed by atoms with Gasteiger partial charge in [0.2, 0.25) is 11.9 Å². The number of pyridine rings is 1. The van der Waals surface area contributed by atoms with Crippen LogP contribution >= 0.6 is 11.8 Å². The maximum atomic E-state index is 12.7. The molecule has 0 fully saturated rings. The normalized spacial score (nSPS) is 10.9. The Balaban J connectivity index is 1.34. The van der Waals surface area contributed by atoms with E-state index >= 15 is 0 Å². The minimum Gasteiger partial charge on any atom is -0.497 e. The fourth-order valence-corrected chi connectivity index (χ4v) is 5.55. The molecule has 4 aromatic rings. The summed E-state index contributed by atoms with van der Waals surface area (Å²) in [5, 5.41) is 12.8. The van der Waals surface area contributed by atoms with E-state index in [9.17, 15) is 18.5 Å². The highest BCUT2D eigenvalue weighted by atomic mass is 32.2. The van der Waals surface area contributed by atoms with Gasteiger partial charge in [-0.15, -0.1) is 11.8 Å². The average Bonchev–Trinajstić information content (AvgIpc) is 2.92. The molecule has 0 aliphatic rings. The average molecular weight is 575 g/mol. The second kappa shape index (κ2) is 12.6. The second-order valence-electron chi connectivity index (χ2n) is 8.64. The number of benzene rings is 2. The summed E-state index contributed by atoms with van der Waals surface area (Å²) < 4.78 is 33.0. The lowest BCUT2D eigenvalue weighted by atomic mass is 10.1. The van der Waals surface area contributed by atoms with Crippen LogP contribution in [0.3, 0.4) is 0 Å². The van der Waals surface area contributed by atoms with Crippen molar-refractivity contribution < 1.29 is 17.9 Å². The van der Waals surface area contributed by atoms with Crippen LogP contribution < -0.4 is 14.8 Å². The first-order valence-electron chi connectivity index (χ1n) is 12.1. The van der Waals surface area contributed by atoms with Gasteiger partial charge in [-0.3, -0.25) is 4.79 Å². The molecule has 2 heterocycles. The number of aromatic nitrogens is 3. The standard InChI is InChI=1S/C28H26N6O4S2/c1-18-16-19(2)31-28(30-18)34-40(36,37)24-11-7-22(8-12-24)32-26(35)14-15-39-27-21(17-29)6-13-25(33-27)20-4-9-23(38-3)10-5-20/h4-13,16H,14-15H2,1-3H3,(H,32,35)(H,30,31,34). The fourth-order valence-electron chi connectivity index (χ4n) is 3.69. The molecule has 4 rings (SSSR count). The minimum atomic E-state index is -3.90. The molecule has 0 saturated carbocycles. The number of hydrogen-bond donors (Lipinski definition) is 2. The van der Waals surface area contributed by atoms with Crippen molar-refractivity contribution in [3.63, 3.8) is 0 Å². The van der Waals surface area contributed by atoms with Gasteiger partial charge in [0, 0.05) is 34.8 Å². The molecular weight excluding hydrogens is 548 g/mol. The van der Waals surface area contributed by atoms with Gasteiger partial charge in [-0.1, -0.05) is 0 Å². The van der Waals surface area contributed by atoms with E-state index < -0.39 is 10.0 Å². The molecule has 0 aliphatic carbocycles. The second-order valence-corrected chi connectivity index (χ2v) is 11.4. The lowest BCUT2D eigenvalue weighted by molar-refractivity contribution is -0.115. The molecule has 2 aromatic heterocycles. The van der Waals surface area contributed by atoms with Gasteiger partial charge in [0.15, 0.2) is 0 Å². The van der Waals surface area contributed by atoms with Gasteiger partial charge in [-0.05, 0) is 80.6 Å². The molecule has 1 amide bonds. The Kier molecular flexibility index (Phi) is 8.98. The summed E-state index contributed by atoms with van der Waals surface area (Å²) in [5.41, 5.74) is 3.76. The quantitative estimate of drug-likeness (QED) is 0.251. The van der Waals surface area contributed by atoms with Crippen LogP contribution in [0.1, 0.15) is 23.4 Å². The molecule has 12 heteroatoms. The molecule has 204 valence electrons. The summed E-state index contributed by atoms with van der Waals surface area (Å²) in [6.07, 6.45) is 0.162. The zero-order valence-electron chi connectivity index (χ0n) is 22.0. The third kappa shape index (κ3) is 7.34. The van der Waals surface area contributed by atoms with Crippen LogP contribution in [0.25, 0.3) is 11.3 Å². The predicted octanol–water partition coefficient (Wildman–Crippen LogP) is 4.96. The molecule has 0 bridgehead atoms. The van der Waals surface area contributed by atoms with Gasteiger partial charge in [-0.25, -0.2) is 28.1 Å². The van der Waals surface area contributed by atoms with E-state index in [0.717, 1.165) is 11.3 Å². The number of sulfonamides is 1. The molecule has 0 aliphatic heterocycles. The number of anilines is 2. The molecule has 0 saturated heterocycles. The summed E-state index contributed by atoms with van der Waals surface area (Å²) in [6.45, 7) is 3.50. The lowest BCUT2D eigenvalue weighted by Gasteiger charge is -2.10. The topological polar surface area (TPSA) is 147 Å². The third-order valence-corrected chi connectivity index (χ3v) is 7.93. The minimum absolute atomic E-state index is 0.00374. The summed E-state index contributed by atoms with van der Waals surface area (Å²) in [6, 6.07) is 20.6. The molecule has 0 atom stereocenters. The van der Waals surface area contributed by atoms with Crippen LogP contribution in [-0.4, -0.2) is 42.1 Å². The van der Waals surface area contributed by atoms with Crippen molar-refractivity contribution in [2.24, 2.45) is 0 Å². The van der Waals surface area contributed by atoms with Crippen molar-refractivity contribution >= 4 is 39.3 Å². The monoisotopic (exact) mass is 574 g/mol. The number of carbonyl (C=O) groups excluding carboxylic acids is 1. The first-order valence-corrected chi connectivity index (χ1v) is 14.6. The number of amides is 1. The summed E-state index contributed by atoms with van der Waals surface area (Å²) in [5.74, 6) is 0.870. The zero-order chi connectivity index (χ0) is 28.7. The van der Waals surface area contributed by atoms with Crippen LogP contribution in [0.4, 0.5) is 11.6 Å². The third-order valence-electron chi connectivity index (χ3n) is 5.59. The first-order chi connectivity index (χ1) is 19.2. The smallest absolute Gasteiger partial charge is 0.264 e. The molecule has 2 aromatic carbocycles. The van der Waals surface area contributed by atoms with Gasteiger partial charge in [0.1, 0.15) is 16.8 Å². The molecule has 0 unspecified atom stereocenters. The molecule has 40 heavy (non-hydrogen) atoms. The number of nitriles is 1. The largest absolute Gasteiger partial charge is 0.497 e. The first kappa shape index (κ1) is 28.5. The number of ether oxygens (including phenoxy) is 1. The van der Waals surface area contributed by atoms with Gasteiger partial charge in [-0.2, -0.15) is 5.26 Å². The highest BCUT2D eigenvalue weighted by Gasteiger charge is 2.17. The Morgan fingerprint density at radius 1 is 0.975 bits per heavy atom. The Hall–Kier alpha value is -4.47. The van der Waals surface area contributed by atoms with Gasteiger partial charge < -0.3 is 10.1 Å². The number of rotatable bonds is 10. The van der Waals surface area contributed by atoms with E-state index in [0.29, 0.717) is 39.1 Å². The Morgan fingerprint density at radius 2 is 1.65 bits per heavy atom. The van der Waals surface area contributed by atoms with E-state index in [1.54, 1.807) is 39.2 Å². The maximum Gasteiger partial charge on any atom is 0.264 e.